The molecule has 16 heteroatoms. The summed E-state index contributed by atoms with van der Waals surface area (Å²) in [5.41, 5.74) is 7.98. The predicted octanol–water partition coefficient (Wildman–Crippen LogP) is 3.65. The summed E-state index contributed by atoms with van der Waals surface area (Å²) in [5, 5.41) is 35.4. The number of nitrogens with zero attached hydrogens (tertiary/aromatic N) is 1. The Labute approximate surface area is 274 Å². The number of hydrogen-bond acceptors (Lipinski definition) is 7. The molecule has 2 amide bonds. The number of anilines is 1. The van der Waals surface area contributed by atoms with Gasteiger partial charge in [0.1, 0.15) is 11.9 Å². The van der Waals surface area contributed by atoms with Crippen LogP contribution in [-0.2, 0) is 19.2 Å². The van der Waals surface area contributed by atoms with Gasteiger partial charge in [0.15, 0.2) is 5.96 Å². The van der Waals surface area contributed by atoms with E-state index in [0.717, 1.165) is 11.1 Å². The summed E-state index contributed by atoms with van der Waals surface area (Å²) in [6.07, 6.45) is -2.28. The molecule has 0 saturated heterocycles. The summed E-state index contributed by atoms with van der Waals surface area (Å²) in [4.78, 5) is 50.8. The third kappa shape index (κ3) is 15.1. The second-order valence-corrected chi connectivity index (χ2v) is 10.3. The number of hydrogen-bond donors (Lipinski definition) is 8. The first-order chi connectivity index (χ1) is 22.8. The van der Waals surface area contributed by atoms with E-state index in [9.17, 15) is 32.7 Å². The van der Waals surface area contributed by atoms with Gasteiger partial charge in [-0.25, -0.2) is 9.78 Å². The van der Waals surface area contributed by atoms with Crippen molar-refractivity contribution in [2.75, 3.05) is 18.4 Å². The van der Waals surface area contributed by atoms with Crippen LogP contribution in [0.15, 0.2) is 79.0 Å². The first-order valence-corrected chi connectivity index (χ1v) is 14.8. The highest BCUT2D eigenvalue weighted by molar-refractivity contribution is 5.88. The predicted molar refractivity (Wildman–Crippen MR) is 172 cm³/mol. The van der Waals surface area contributed by atoms with E-state index in [2.05, 4.69) is 26.3 Å². The average Bonchev–Trinajstić information content (AvgIpc) is 3.04. The van der Waals surface area contributed by atoms with Crippen LogP contribution >= 0.6 is 0 Å². The number of nitrogens with one attached hydrogen (secondary N) is 5. The van der Waals surface area contributed by atoms with E-state index in [4.69, 9.17) is 21.0 Å². The summed E-state index contributed by atoms with van der Waals surface area (Å²) >= 11 is 0. The van der Waals surface area contributed by atoms with Crippen LogP contribution in [0.3, 0.4) is 0 Å². The van der Waals surface area contributed by atoms with E-state index >= 15 is 0 Å². The summed E-state index contributed by atoms with van der Waals surface area (Å²) in [7, 11) is 0. The molecule has 0 aliphatic carbocycles. The zero-order valence-electron chi connectivity index (χ0n) is 25.8. The average molecular weight is 674 g/mol. The molecule has 0 fully saturated rings. The fourth-order valence-corrected chi connectivity index (χ4v) is 4.23. The number of rotatable bonds is 16. The number of pyridine rings is 1. The molecular formula is C32H38F3N7O6. The molecule has 0 saturated carbocycles. The lowest BCUT2D eigenvalue weighted by molar-refractivity contribution is -0.192. The quantitative estimate of drug-likeness (QED) is 0.0627. The van der Waals surface area contributed by atoms with Crippen LogP contribution < -0.4 is 27.0 Å². The summed E-state index contributed by atoms with van der Waals surface area (Å²) < 4.78 is 31.7. The maximum absolute atomic E-state index is 13.3. The van der Waals surface area contributed by atoms with Crippen LogP contribution in [0.1, 0.15) is 43.7 Å². The molecule has 13 nitrogen and oxygen atoms in total. The monoisotopic (exact) mass is 673 g/mol. The van der Waals surface area contributed by atoms with Gasteiger partial charge in [-0.3, -0.25) is 19.8 Å². The smallest absolute Gasteiger partial charge is 0.481 e. The van der Waals surface area contributed by atoms with E-state index in [1.165, 1.54) is 0 Å². The van der Waals surface area contributed by atoms with Gasteiger partial charge in [0.2, 0.25) is 11.8 Å². The molecule has 48 heavy (non-hydrogen) atoms. The number of carboxylic acid groups (broad SMARTS) is 2. The Kier molecular flexibility index (Phi) is 15.9. The molecule has 2 atom stereocenters. The van der Waals surface area contributed by atoms with Gasteiger partial charge in [0.25, 0.3) is 0 Å². The van der Waals surface area contributed by atoms with E-state index in [1.54, 1.807) is 18.3 Å². The third-order valence-electron chi connectivity index (χ3n) is 6.55. The first kappa shape index (κ1) is 38.5. The van der Waals surface area contributed by atoms with Crippen LogP contribution in [-0.4, -0.2) is 70.2 Å². The minimum absolute atomic E-state index is 0.184. The van der Waals surface area contributed by atoms with Crippen LogP contribution in [0.4, 0.5) is 19.0 Å². The number of carboxylic acids is 2. The second-order valence-electron chi connectivity index (χ2n) is 10.3. The van der Waals surface area contributed by atoms with Crippen molar-refractivity contribution in [3.8, 4) is 11.1 Å². The molecule has 1 unspecified atom stereocenters. The van der Waals surface area contributed by atoms with E-state index < -0.39 is 36.1 Å². The van der Waals surface area contributed by atoms with Gasteiger partial charge in [-0.05, 0) is 48.1 Å². The van der Waals surface area contributed by atoms with Crippen LogP contribution in [0.2, 0.25) is 0 Å². The number of aromatic nitrogens is 1. The molecule has 3 aromatic rings. The Morgan fingerprint density at radius 1 is 0.854 bits per heavy atom. The number of carbonyl (C=O) groups excluding carboxylic acids is 2. The molecule has 258 valence electrons. The summed E-state index contributed by atoms with van der Waals surface area (Å²) in [5.74, 6) is -4.07. The van der Waals surface area contributed by atoms with Crippen molar-refractivity contribution < 1.29 is 42.6 Å². The molecule has 0 aliphatic rings. The van der Waals surface area contributed by atoms with E-state index in [1.807, 2.05) is 60.7 Å². The summed E-state index contributed by atoms with van der Waals surface area (Å²) in [6, 6.07) is 21.0. The van der Waals surface area contributed by atoms with Gasteiger partial charge in [0.05, 0.1) is 12.5 Å². The molecular weight excluding hydrogens is 635 g/mol. The normalized spacial score (nSPS) is 11.9. The summed E-state index contributed by atoms with van der Waals surface area (Å²) in [6.45, 7) is 0.881. The lowest BCUT2D eigenvalue weighted by atomic mass is 9.98. The fourth-order valence-electron chi connectivity index (χ4n) is 4.23. The minimum atomic E-state index is -5.08. The first-order valence-electron chi connectivity index (χ1n) is 14.8. The van der Waals surface area contributed by atoms with Crippen molar-refractivity contribution in [1.29, 1.82) is 5.41 Å². The van der Waals surface area contributed by atoms with E-state index in [-0.39, 0.29) is 31.1 Å². The number of alkyl halides is 3. The van der Waals surface area contributed by atoms with Crippen molar-refractivity contribution in [2.24, 2.45) is 5.73 Å². The molecule has 3 rings (SSSR count). The van der Waals surface area contributed by atoms with E-state index in [0.29, 0.717) is 37.3 Å². The number of amides is 2. The number of halogens is 3. The van der Waals surface area contributed by atoms with Gasteiger partial charge in [0, 0.05) is 25.7 Å². The van der Waals surface area contributed by atoms with Crippen LogP contribution in [0.25, 0.3) is 11.1 Å². The fraction of sp³-hybridized carbons (Fsp3) is 0.312. The maximum atomic E-state index is 13.3. The Bertz CT molecular complexity index is 1480. The highest BCUT2D eigenvalue weighted by atomic mass is 19.4. The molecule has 0 bridgehead atoms. The number of carbonyl (C=O) groups is 4. The molecule has 0 radical (unpaired) electrons. The van der Waals surface area contributed by atoms with Crippen molar-refractivity contribution in [2.45, 2.75) is 50.4 Å². The molecule has 0 spiro atoms. The zero-order chi connectivity index (χ0) is 35.5. The Balaban J connectivity index is 0.00000103. The van der Waals surface area contributed by atoms with Gasteiger partial charge in [-0.1, -0.05) is 60.7 Å². The SMILES string of the molecule is N=C(N)NCCC[C@H](NC(=O)CCCNc1ccccn1)C(=O)NC(CC(=O)O)c1ccc(-c2ccccc2)cc1.O=C(O)C(F)(F)F. The van der Waals surface area contributed by atoms with Crippen molar-refractivity contribution in [1.82, 2.24) is 20.9 Å². The van der Waals surface area contributed by atoms with Gasteiger partial charge < -0.3 is 37.2 Å². The number of nitrogens with two attached hydrogens (primary N) is 1. The molecule has 1 heterocycles. The topological polar surface area (TPSA) is 220 Å². The van der Waals surface area contributed by atoms with Crippen LogP contribution in [0, 0.1) is 5.41 Å². The number of aliphatic carboxylic acids is 2. The minimum Gasteiger partial charge on any atom is -0.481 e. The Hall–Kier alpha value is -5.67. The molecule has 0 aliphatic heterocycles. The standard InChI is InChI=1S/C30H37N7O4.C2HF3O2/c31-30(32)35-19-6-10-24(36-27(38)12-7-18-34-26-11-4-5-17-33-26)29(41)37-25(20-28(39)40)23-15-13-22(14-16-23)21-8-2-1-3-9-21;3-2(4,5)1(6)7/h1-5,8-9,11,13-17,24-25H,6-7,10,12,18-20H2,(H,33,34)(H,36,38)(H,37,41)(H,39,40)(H4,31,32,35);(H,6,7)/t24-,25?;/m0./s1. The lowest BCUT2D eigenvalue weighted by Gasteiger charge is -2.23. The lowest BCUT2D eigenvalue weighted by Crippen LogP contribution is -2.48. The largest absolute Gasteiger partial charge is 0.490 e. The molecule has 2 aromatic carbocycles. The van der Waals surface area contributed by atoms with Crippen molar-refractivity contribution >= 4 is 35.5 Å². The van der Waals surface area contributed by atoms with Crippen LogP contribution in [0.5, 0.6) is 0 Å². The van der Waals surface area contributed by atoms with Gasteiger partial charge >= 0.3 is 18.1 Å². The maximum Gasteiger partial charge on any atom is 0.490 e. The van der Waals surface area contributed by atoms with Gasteiger partial charge in [-0.15, -0.1) is 0 Å². The zero-order valence-corrected chi connectivity index (χ0v) is 25.8. The van der Waals surface area contributed by atoms with Gasteiger partial charge in [-0.2, -0.15) is 13.2 Å². The molecule has 9 N–H and O–H groups in total. The molecule has 1 aromatic heterocycles. The highest BCUT2D eigenvalue weighted by Gasteiger charge is 2.38. The van der Waals surface area contributed by atoms with Crippen molar-refractivity contribution in [3.63, 3.8) is 0 Å². The third-order valence-corrected chi connectivity index (χ3v) is 6.55. The second kappa shape index (κ2) is 19.8. The Morgan fingerprint density at radius 3 is 2.04 bits per heavy atom. The van der Waals surface area contributed by atoms with Crippen molar-refractivity contribution in [3.05, 3.63) is 84.6 Å². The number of guanidine groups is 1. The highest BCUT2D eigenvalue weighted by Crippen LogP contribution is 2.24. The number of benzene rings is 2. The Morgan fingerprint density at radius 2 is 1.48 bits per heavy atom.